The van der Waals surface area contributed by atoms with E-state index < -0.39 is 4.92 Å². The number of aryl methyl sites for hydroxylation is 1. The van der Waals surface area contributed by atoms with E-state index >= 15 is 0 Å². The van der Waals surface area contributed by atoms with E-state index in [2.05, 4.69) is 41.9 Å². The molecule has 4 rings (SSSR count). The monoisotopic (exact) mass is 614 g/mol. The van der Waals surface area contributed by atoms with Crippen molar-refractivity contribution in [2.45, 2.75) is 20.5 Å². The van der Waals surface area contributed by atoms with Crippen LogP contribution in [0.2, 0.25) is 0 Å². The first-order chi connectivity index (χ1) is 17.3. The van der Waals surface area contributed by atoms with Crippen molar-refractivity contribution in [2.24, 2.45) is 5.10 Å². The fourth-order valence-corrected chi connectivity index (χ4v) is 4.21. The zero-order valence-corrected chi connectivity index (χ0v) is 22.4. The molecular formula is C25H20Br2N4O5. The molecule has 3 aromatic carbocycles. The minimum atomic E-state index is -0.447. The molecular weight excluding hydrogens is 596 g/mol. The van der Waals surface area contributed by atoms with Crippen LogP contribution in [0.3, 0.4) is 0 Å². The number of halogens is 2. The van der Waals surface area contributed by atoms with Crippen molar-refractivity contribution in [3.8, 4) is 11.5 Å². The molecule has 0 fully saturated rings. The van der Waals surface area contributed by atoms with Crippen molar-refractivity contribution in [2.75, 3.05) is 6.61 Å². The summed E-state index contributed by atoms with van der Waals surface area (Å²) in [5.41, 5.74) is 1.78. The molecule has 0 amide bonds. The number of aromatic nitrogens is 2. The summed E-state index contributed by atoms with van der Waals surface area (Å²) in [6.07, 6.45) is 1.55. The average Bonchev–Trinajstić information content (AvgIpc) is 2.85. The number of rotatable bonds is 8. The van der Waals surface area contributed by atoms with E-state index in [-0.39, 0.29) is 17.9 Å². The second kappa shape index (κ2) is 11.0. The van der Waals surface area contributed by atoms with Crippen molar-refractivity contribution in [3.63, 3.8) is 0 Å². The van der Waals surface area contributed by atoms with Gasteiger partial charge < -0.3 is 9.47 Å². The molecule has 0 saturated carbocycles. The van der Waals surface area contributed by atoms with Gasteiger partial charge in [0, 0.05) is 26.6 Å². The highest BCUT2D eigenvalue weighted by atomic mass is 79.9. The summed E-state index contributed by atoms with van der Waals surface area (Å²) in [6, 6.07) is 15.0. The molecule has 0 aliphatic rings. The Kier molecular flexibility index (Phi) is 7.80. The van der Waals surface area contributed by atoms with Crippen LogP contribution in [0.15, 0.2) is 73.4 Å². The van der Waals surface area contributed by atoms with Gasteiger partial charge >= 0.3 is 0 Å². The van der Waals surface area contributed by atoms with Crippen LogP contribution < -0.4 is 15.0 Å². The molecule has 0 bridgehead atoms. The Morgan fingerprint density at radius 1 is 1.08 bits per heavy atom. The van der Waals surface area contributed by atoms with Gasteiger partial charge in [0.25, 0.3) is 11.2 Å². The fraction of sp³-hybridized carbons (Fsp3) is 0.160. The quantitative estimate of drug-likeness (QED) is 0.137. The summed E-state index contributed by atoms with van der Waals surface area (Å²) in [4.78, 5) is 27.9. The van der Waals surface area contributed by atoms with Gasteiger partial charge in [0.2, 0.25) is 0 Å². The Balaban J connectivity index is 1.62. The summed E-state index contributed by atoms with van der Waals surface area (Å²) < 4.78 is 14.4. The number of nitro benzene ring substituents is 1. The van der Waals surface area contributed by atoms with Gasteiger partial charge in [-0.25, -0.2) is 4.98 Å². The highest BCUT2D eigenvalue weighted by Gasteiger charge is 2.13. The third kappa shape index (κ3) is 5.63. The van der Waals surface area contributed by atoms with E-state index in [9.17, 15) is 14.9 Å². The molecule has 9 nitrogen and oxygen atoms in total. The van der Waals surface area contributed by atoms with E-state index in [1.807, 2.05) is 13.0 Å². The molecule has 0 N–H and O–H groups in total. The number of benzene rings is 3. The third-order valence-electron chi connectivity index (χ3n) is 5.19. The maximum atomic E-state index is 13.0. The lowest BCUT2D eigenvalue weighted by Crippen LogP contribution is -2.20. The number of non-ortho nitro benzene ring substituents is 1. The van der Waals surface area contributed by atoms with Gasteiger partial charge in [-0.1, -0.05) is 15.9 Å². The lowest BCUT2D eigenvalue weighted by molar-refractivity contribution is -0.384. The first kappa shape index (κ1) is 25.5. The minimum Gasteiger partial charge on any atom is -0.490 e. The highest BCUT2D eigenvalue weighted by molar-refractivity contribution is 9.10. The Hall–Kier alpha value is -3.57. The second-order valence-electron chi connectivity index (χ2n) is 7.65. The summed E-state index contributed by atoms with van der Waals surface area (Å²) >= 11 is 6.92. The largest absolute Gasteiger partial charge is 0.490 e. The number of ether oxygens (including phenoxy) is 2. The molecule has 1 heterocycles. The second-order valence-corrected chi connectivity index (χ2v) is 9.42. The van der Waals surface area contributed by atoms with Gasteiger partial charge in [0.1, 0.15) is 12.4 Å². The number of nitrogens with zero attached hydrogens (tertiary/aromatic N) is 4. The van der Waals surface area contributed by atoms with Crippen molar-refractivity contribution in [3.05, 3.63) is 101 Å². The van der Waals surface area contributed by atoms with Crippen LogP contribution in [0.25, 0.3) is 10.9 Å². The Labute approximate surface area is 222 Å². The highest BCUT2D eigenvalue weighted by Crippen LogP contribution is 2.34. The molecule has 0 aliphatic carbocycles. The van der Waals surface area contributed by atoms with Crippen LogP contribution >= 0.6 is 31.9 Å². The van der Waals surface area contributed by atoms with Crippen molar-refractivity contribution in [1.82, 2.24) is 9.66 Å². The number of nitro groups is 1. The SMILES string of the molecule is CCOc1cc(C=Nn2c(C)nc3ccc(Br)cc3c2=O)c(Br)cc1OCc1ccc([N+](=O)[O-])cc1. The fourth-order valence-electron chi connectivity index (χ4n) is 3.42. The zero-order valence-electron chi connectivity index (χ0n) is 19.3. The Morgan fingerprint density at radius 3 is 2.50 bits per heavy atom. The van der Waals surface area contributed by atoms with Crippen molar-refractivity contribution >= 4 is 54.7 Å². The number of hydrogen-bond acceptors (Lipinski definition) is 7. The lowest BCUT2D eigenvalue weighted by Gasteiger charge is -2.14. The third-order valence-corrected chi connectivity index (χ3v) is 6.37. The first-order valence-electron chi connectivity index (χ1n) is 10.8. The molecule has 0 saturated heterocycles. The van der Waals surface area contributed by atoms with E-state index in [0.29, 0.717) is 44.9 Å². The lowest BCUT2D eigenvalue weighted by atomic mass is 10.2. The van der Waals surface area contributed by atoms with Crippen LogP contribution in [0.1, 0.15) is 23.9 Å². The summed E-state index contributed by atoms with van der Waals surface area (Å²) in [7, 11) is 0. The van der Waals surface area contributed by atoms with Gasteiger partial charge in [0.15, 0.2) is 11.5 Å². The number of fused-ring (bicyclic) bond motifs is 1. The molecule has 0 spiro atoms. The van der Waals surface area contributed by atoms with Crippen LogP contribution in [-0.2, 0) is 6.61 Å². The normalized spacial score (nSPS) is 11.2. The van der Waals surface area contributed by atoms with Gasteiger partial charge in [-0.3, -0.25) is 14.9 Å². The maximum Gasteiger partial charge on any atom is 0.282 e. The summed E-state index contributed by atoms with van der Waals surface area (Å²) in [5, 5.41) is 15.7. The average molecular weight is 616 g/mol. The molecule has 0 aliphatic heterocycles. The standard InChI is InChI=1S/C25H20Br2N4O5/c1-3-35-23-10-17(13-28-30-15(2)29-22-9-6-18(26)11-20(22)25(30)32)21(27)12-24(23)36-14-16-4-7-19(8-5-16)31(33)34/h4-13H,3,14H2,1-2H3. The van der Waals surface area contributed by atoms with Crippen LogP contribution in [0.5, 0.6) is 11.5 Å². The zero-order chi connectivity index (χ0) is 25.8. The Bertz CT molecular complexity index is 1530. The molecule has 0 unspecified atom stereocenters. The maximum absolute atomic E-state index is 13.0. The van der Waals surface area contributed by atoms with E-state index in [0.717, 1.165) is 10.0 Å². The molecule has 4 aromatic rings. The van der Waals surface area contributed by atoms with Crippen LogP contribution in [0, 0.1) is 17.0 Å². The molecule has 1 aromatic heterocycles. The minimum absolute atomic E-state index is 0.0173. The van der Waals surface area contributed by atoms with Crippen LogP contribution in [0.4, 0.5) is 5.69 Å². The van der Waals surface area contributed by atoms with Gasteiger partial charge in [-0.05, 0) is 77.8 Å². The summed E-state index contributed by atoms with van der Waals surface area (Å²) in [6.45, 7) is 4.19. The van der Waals surface area contributed by atoms with Crippen molar-refractivity contribution in [1.29, 1.82) is 0 Å². The summed E-state index contributed by atoms with van der Waals surface area (Å²) in [5.74, 6) is 1.44. The Morgan fingerprint density at radius 2 is 1.81 bits per heavy atom. The van der Waals surface area contributed by atoms with E-state index in [1.54, 1.807) is 49.5 Å². The first-order valence-corrected chi connectivity index (χ1v) is 12.4. The number of hydrogen-bond donors (Lipinski definition) is 0. The molecule has 184 valence electrons. The molecule has 0 radical (unpaired) electrons. The van der Waals surface area contributed by atoms with E-state index in [1.165, 1.54) is 16.8 Å². The van der Waals surface area contributed by atoms with Crippen molar-refractivity contribution < 1.29 is 14.4 Å². The van der Waals surface area contributed by atoms with E-state index in [4.69, 9.17) is 9.47 Å². The predicted molar refractivity (Wildman–Crippen MR) is 144 cm³/mol. The molecule has 36 heavy (non-hydrogen) atoms. The van der Waals surface area contributed by atoms with Crippen LogP contribution in [-0.4, -0.2) is 27.4 Å². The smallest absolute Gasteiger partial charge is 0.282 e. The molecule has 0 atom stereocenters. The molecule has 11 heteroatoms. The topological polar surface area (TPSA) is 109 Å². The van der Waals surface area contributed by atoms with Gasteiger partial charge in [-0.2, -0.15) is 9.78 Å². The predicted octanol–water partition coefficient (Wildman–Crippen LogP) is 6.00. The van der Waals surface area contributed by atoms with Gasteiger partial charge in [-0.15, -0.1) is 0 Å². The van der Waals surface area contributed by atoms with Gasteiger partial charge in [0.05, 0.1) is 28.6 Å².